The summed E-state index contributed by atoms with van der Waals surface area (Å²) in [6.45, 7) is 5.88. The lowest BCUT2D eigenvalue weighted by Gasteiger charge is -2.16. The Morgan fingerprint density at radius 2 is 1.71 bits per heavy atom. The van der Waals surface area contributed by atoms with Gasteiger partial charge in [0.2, 0.25) is 5.82 Å². The molecule has 0 radical (unpaired) electrons. The van der Waals surface area contributed by atoms with Crippen molar-refractivity contribution in [3.05, 3.63) is 96.3 Å². The highest BCUT2D eigenvalue weighted by Gasteiger charge is 2.16. The Kier molecular flexibility index (Phi) is 9.11. The smallest absolute Gasteiger partial charge is 0.293 e. The highest BCUT2D eigenvalue weighted by atomic mass is 19.1. The molecule has 1 aliphatic rings. The number of methoxy groups -OCH3 is 1. The topological polar surface area (TPSA) is 98.7 Å². The molecular weight excluding hydrogens is 573 g/mol. The molecule has 5 aromatic rings. The summed E-state index contributed by atoms with van der Waals surface area (Å²) in [5.41, 5.74) is 3.46. The maximum atomic E-state index is 15.2. The standard InChI is InChI=1S/C35H34FN5O4/c1-23-6-8-24(9-7-23)28-12-14-38-34(40-28)35(42)39-25-10-11-31(27(36)20-25)45-30-13-15-37-29-22-33(32(43-2)21-26(29)30)44-19-5-18-41-16-3-4-17-41/h6-15,20-22H,3-5,16-19H2,1-2H3,(H,39,42). The number of hydrogen-bond acceptors (Lipinski definition) is 8. The van der Waals surface area contributed by atoms with Gasteiger partial charge in [-0.25, -0.2) is 14.4 Å². The SMILES string of the molecule is COc1cc2c(Oc3ccc(NC(=O)c4nccc(-c5ccc(C)cc5)n4)cc3F)ccnc2cc1OCCCN1CCCC1. The second-order valence-corrected chi connectivity index (χ2v) is 10.9. The van der Waals surface area contributed by atoms with Gasteiger partial charge in [0.1, 0.15) is 5.75 Å². The van der Waals surface area contributed by atoms with Crippen LogP contribution in [0.25, 0.3) is 22.2 Å². The van der Waals surface area contributed by atoms with Crippen LogP contribution in [0.4, 0.5) is 10.1 Å². The fourth-order valence-electron chi connectivity index (χ4n) is 5.29. The van der Waals surface area contributed by atoms with Crippen LogP contribution in [0.5, 0.6) is 23.0 Å². The first-order valence-electron chi connectivity index (χ1n) is 15.0. The normalized spacial score (nSPS) is 13.1. The number of fused-ring (bicyclic) bond motifs is 1. The first-order chi connectivity index (χ1) is 22.0. The van der Waals surface area contributed by atoms with Gasteiger partial charge < -0.3 is 24.4 Å². The zero-order valence-electron chi connectivity index (χ0n) is 25.3. The van der Waals surface area contributed by atoms with Gasteiger partial charge in [0, 0.05) is 47.7 Å². The molecule has 6 rings (SSSR count). The number of carbonyl (C=O) groups is 1. The maximum absolute atomic E-state index is 15.2. The van der Waals surface area contributed by atoms with Crippen LogP contribution < -0.4 is 19.5 Å². The molecule has 0 saturated carbocycles. The van der Waals surface area contributed by atoms with Crippen LogP contribution in [0.3, 0.4) is 0 Å². The summed E-state index contributed by atoms with van der Waals surface area (Å²) < 4.78 is 32.9. The van der Waals surface area contributed by atoms with Gasteiger partial charge in [-0.05, 0) is 69.6 Å². The van der Waals surface area contributed by atoms with Crippen molar-refractivity contribution in [2.75, 3.05) is 38.7 Å². The number of pyridine rings is 1. The number of hydrogen-bond donors (Lipinski definition) is 1. The number of ether oxygens (including phenoxy) is 3. The lowest BCUT2D eigenvalue weighted by atomic mass is 10.1. The monoisotopic (exact) mass is 607 g/mol. The van der Waals surface area contributed by atoms with Gasteiger partial charge in [-0.3, -0.25) is 9.78 Å². The van der Waals surface area contributed by atoms with E-state index in [1.54, 1.807) is 37.6 Å². The van der Waals surface area contributed by atoms with Crippen LogP contribution in [0.1, 0.15) is 35.4 Å². The molecule has 1 aliphatic heterocycles. The van der Waals surface area contributed by atoms with E-state index < -0.39 is 11.7 Å². The summed E-state index contributed by atoms with van der Waals surface area (Å²) >= 11 is 0. The molecule has 9 nitrogen and oxygen atoms in total. The van der Waals surface area contributed by atoms with Gasteiger partial charge in [-0.2, -0.15) is 0 Å². The van der Waals surface area contributed by atoms with Crippen molar-refractivity contribution in [3.8, 4) is 34.3 Å². The lowest BCUT2D eigenvalue weighted by molar-refractivity contribution is 0.101. The minimum atomic E-state index is -0.656. The summed E-state index contributed by atoms with van der Waals surface area (Å²) in [5.74, 6) is 0.274. The van der Waals surface area contributed by atoms with Crippen LogP contribution in [-0.2, 0) is 0 Å². The number of anilines is 1. The van der Waals surface area contributed by atoms with Crippen LogP contribution >= 0.6 is 0 Å². The maximum Gasteiger partial charge on any atom is 0.293 e. The third kappa shape index (κ3) is 7.18. The Labute approximate surface area is 261 Å². The van der Waals surface area contributed by atoms with E-state index in [0.29, 0.717) is 40.5 Å². The molecule has 1 fully saturated rings. The predicted octanol–water partition coefficient (Wildman–Crippen LogP) is 7.06. The molecule has 0 aliphatic carbocycles. The minimum absolute atomic E-state index is 0.0145. The van der Waals surface area contributed by atoms with E-state index in [1.807, 2.05) is 37.3 Å². The summed E-state index contributed by atoms with van der Waals surface area (Å²) in [5, 5.41) is 3.30. The first-order valence-corrected chi connectivity index (χ1v) is 15.0. The van der Waals surface area contributed by atoms with E-state index in [9.17, 15) is 4.79 Å². The van der Waals surface area contributed by atoms with E-state index in [2.05, 4.69) is 25.2 Å². The number of amides is 1. The van der Waals surface area contributed by atoms with Crippen molar-refractivity contribution in [1.29, 1.82) is 0 Å². The molecule has 0 spiro atoms. The molecule has 3 aromatic carbocycles. The van der Waals surface area contributed by atoms with Crippen molar-refractivity contribution in [2.24, 2.45) is 0 Å². The molecule has 230 valence electrons. The average molecular weight is 608 g/mol. The van der Waals surface area contributed by atoms with Crippen LogP contribution in [0.2, 0.25) is 0 Å². The molecule has 45 heavy (non-hydrogen) atoms. The van der Waals surface area contributed by atoms with Crippen molar-refractivity contribution < 1.29 is 23.4 Å². The minimum Gasteiger partial charge on any atom is -0.493 e. The molecule has 1 saturated heterocycles. The molecule has 2 aromatic heterocycles. The highest BCUT2D eigenvalue weighted by Crippen LogP contribution is 2.38. The number of carbonyl (C=O) groups excluding carboxylic acids is 1. The third-order valence-corrected chi connectivity index (χ3v) is 7.68. The van der Waals surface area contributed by atoms with Gasteiger partial charge >= 0.3 is 0 Å². The molecule has 0 atom stereocenters. The highest BCUT2D eigenvalue weighted by molar-refractivity contribution is 6.01. The van der Waals surface area contributed by atoms with Gasteiger partial charge in [0.25, 0.3) is 5.91 Å². The Balaban J connectivity index is 1.14. The second-order valence-electron chi connectivity index (χ2n) is 10.9. The zero-order chi connectivity index (χ0) is 31.2. The van der Waals surface area contributed by atoms with Crippen LogP contribution in [0.15, 0.2) is 79.1 Å². The lowest BCUT2D eigenvalue weighted by Crippen LogP contribution is -2.21. The Hall–Kier alpha value is -5.09. The van der Waals surface area contributed by atoms with E-state index in [4.69, 9.17) is 14.2 Å². The first kappa shape index (κ1) is 30.0. The predicted molar refractivity (Wildman–Crippen MR) is 171 cm³/mol. The number of nitrogens with zero attached hydrogens (tertiary/aromatic N) is 4. The summed E-state index contributed by atoms with van der Waals surface area (Å²) in [6.07, 6.45) is 6.56. The van der Waals surface area contributed by atoms with E-state index in [-0.39, 0.29) is 17.3 Å². The van der Waals surface area contributed by atoms with Crippen LogP contribution in [0, 0.1) is 12.7 Å². The van der Waals surface area contributed by atoms with Gasteiger partial charge in [-0.15, -0.1) is 0 Å². The Bertz CT molecular complexity index is 1810. The molecule has 1 amide bonds. The number of likely N-dealkylation sites (tertiary alicyclic amines) is 1. The van der Waals surface area contributed by atoms with E-state index in [0.717, 1.165) is 37.2 Å². The quantitative estimate of drug-likeness (QED) is 0.159. The second kappa shape index (κ2) is 13.7. The fraction of sp³-hybridized carbons (Fsp3) is 0.257. The van der Waals surface area contributed by atoms with Gasteiger partial charge in [0.05, 0.1) is 24.9 Å². The molecule has 0 bridgehead atoms. The van der Waals surface area contributed by atoms with Crippen LogP contribution in [-0.4, -0.2) is 59.1 Å². The number of aryl methyl sites for hydroxylation is 1. The summed E-state index contributed by atoms with van der Waals surface area (Å²) in [4.78, 5) is 28.3. The number of halogens is 1. The Morgan fingerprint density at radius 3 is 2.49 bits per heavy atom. The van der Waals surface area contributed by atoms with Crippen molar-refractivity contribution in [1.82, 2.24) is 19.9 Å². The molecule has 3 heterocycles. The third-order valence-electron chi connectivity index (χ3n) is 7.68. The van der Waals surface area contributed by atoms with Crippen molar-refractivity contribution >= 4 is 22.5 Å². The van der Waals surface area contributed by atoms with Crippen molar-refractivity contribution in [3.63, 3.8) is 0 Å². The summed E-state index contributed by atoms with van der Waals surface area (Å²) in [6, 6.07) is 19.0. The number of nitrogens with one attached hydrogen (secondary N) is 1. The molecule has 0 unspecified atom stereocenters. The largest absolute Gasteiger partial charge is 0.493 e. The number of aromatic nitrogens is 3. The molecular formula is C35H34FN5O4. The van der Waals surface area contributed by atoms with Gasteiger partial charge in [0.15, 0.2) is 23.1 Å². The zero-order valence-corrected chi connectivity index (χ0v) is 25.3. The van der Waals surface area contributed by atoms with Gasteiger partial charge in [-0.1, -0.05) is 29.8 Å². The molecule has 1 N–H and O–H groups in total. The average Bonchev–Trinajstić information content (AvgIpc) is 3.58. The fourth-order valence-corrected chi connectivity index (χ4v) is 5.29. The molecule has 10 heteroatoms. The Morgan fingerprint density at radius 1 is 0.911 bits per heavy atom. The summed E-state index contributed by atoms with van der Waals surface area (Å²) in [7, 11) is 1.58. The number of benzene rings is 3. The van der Waals surface area contributed by atoms with E-state index >= 15 is 4.39 Å². The van der Waals surface area contributed by atoms with E-state index in [1.165, 1.54) is 31.2 Å². The number of rotatable bonds is 11. The van der Waals surface area contributed by atoms with Crippen molar-refractivity contribution in [2.45, 2.75) is 26.2 Å².